The molecule has 0 fully saturated rings. The van der Waals surface area contributed by atoms with Gasteiger partial charge in [0.25, 0.3) is 0 Å². The van der Waals surface area contributed by atoms with Crippen molar-refractivity contribution in [3.63, 3.8) is 0 Å². The van der Waals surface area contributed by atoms with Crippen molar-refractivity contribution in [2.75, 3.05) is 0 Å². The predicted molar refractivity (Wildman–Crippen MR) is 77.0 cm³/mol. The molecule has 1 aromatic heterocycles. The van der Waals surface area contributed by atoms with Gasteiger partial charge in [-0.25, -0.2) is 4.98 Å². The number of hydrogen-bond donors (Lipinski definition) is 0. The lowest BCUT2D eigenvalue weighted by Crippen LogP contribution is -1.86. The van der Waals surface area contributed by atoms with Gasteiger partial charge in [-0.15, -0.1) is 0 Å². The number of pyridine rings is 1. The van der Waals surface area contributed by atoms with Crippen LogP contribution in [0, 0.1) is 23.7 Å². The molecule has 0 aromatic carbocycles. The maximum Gasteiger partial charge on any atom is 0.114 e. The third kappa shape index (κ3) is 6.12. The van der Waals surface area contributed by atoms with E-state index in [1.807, 2.05) is 18.2 Å². The monoisotopic (exact) mass is 239 g/mol. The third-order valence-corrected chi connectivity index (χ3v) is 2.49. The molecule has 0 spiro atoms. The topological polar surface area (TPSA) is 12.9 Å². The summed E-state index contributed by atoms with van der Waals surface area (Å²) in [5, 5.41) is 0. The van der Waals surface area contributed by atoms with E-state index in [1.165, 1.54) is 12.8 Å². The van der Waals surface area contributed by atoms with Crippen LogP contribution in [0.1, 0.15) is 63.8 Å². The molecule has 0 saturated carbocycles. The van der Waals surface area contributed by atoms with Gasteiger partial charge < -0.3 is 0 Å². The SMILES string of the molecule is CCCCC#Cc1cccc(C#CCCCC)n1. The van der Waals surface area contributed by atoms with Crippen molar-refractivity contribution in [3.05, 3.63) is 29.6 Å². The highest BCUT2D eigenvalue weighted by Gasteiger charge is 1.90. The molecule has 1 aromatic rings. The zero-order chi connectivity index (χ0) is 13.1. The van der Waals surface area contributed by atoms with E-state index in [2.05, 4.69) is 42.5 Å². The molecule has 0 bridgehead atoms. The second-order valence-electron chi connectivity index (χ2n) is 4.22. The van der Waals surface area contributed by atoms with Crippen molar-refractivity contribution in [1.29, 1.82) is 0 Å². The van der Waals surface area contributed by atoms with E-state index in [0.29, 0.717) is 0 Å². The number of nitrogens with zero attached hydrogens (tertiary/aromatic N) is 1. The van der Waals surface area contributed by atoms with Gasteiger partial charge in [-0.3, -0.25) is 0 Å². The second kappa shape index (κ2) is 9.32. The molecule has 1 heteroatoms. The predicted octanol–water partition coefficient (Wildman–Crippen LogP) is 4.17. The van der Waals surface area contributed by atoms with Crippen molar-refractivity contribution >= 4 is 0 Å². The smallest absolute Gasteiger partial charge is 0.114 e. The molecule has 1 rings (SSSR count). The van der Waals surface area contributed by atoms with Crippen molar-refractivity contribution in [1.82, 2.24) is 4.98 Å². The Hall–Kier alpha value is -1.73. The van der Waals surface area contributed by atoms with Gasteiger partial charge in [0, 0.05) is 12.8 Å². The third-order valence-electron chi connectivity index (χ3n) is 2.49. The second-order valence-corrected chi connectivity index (χ2v) is 4.22. The van der Waals surface area contributed by atoms with Gasteiger partial charge in [0.15, 0.2) is 0 Å². The van der Waals surface area contributed by atoms with Gasteiger partial charge in [0.2, 0.25) is 0 Å². The van der Waals surface area contributed by atoms with Gasteiger partial charge in [0.05, 0.1) is 0 Å². The summed E-state index contributed by atoms with van der Waals surface area (Å²) in [6.45, 7) is 4.35. The number of aromatic nitrogens is 1. The molecule has 1 nitrogen and oxygen atoms in total. The summed E-state index contributed by atoms with van der Waals surface area (Å²) in [4.78, 5) is 4.42. The minimum Gasteiger partial charge on any atom is -0.231 e. The average molecular weight is 239 g/mol. The molecule has 0 aliphatic heterocycles. The number of hydrogen-bond acceptors (Lipinski definition) is 1. The molecular formula is C17H21N. The molecule has 0 unspecified atom stereocenters. The van der Waals surface area contributed by atoms with Gasteiger partial charge in [-0.2, -0.15) is 0 Å². The average Bonchev–Trinajstić information content (AvgIpc) is 2.40. The first-order chi connectivity index (χ1) is 8.86. The zero-order valence-corrected chi connectivity index (χ0v) is 11.4. The summed E-state index contributed by atoms with van der Waals surface area (Å²) in [5.41, 5.74) is 1.65. The van der Waals surface area contributed by atoms with Crippen molar-refractivity contribution in [3.8, 4) is 23.7 Å². The first-order valence-corrected chi connectivity index (χ1v) is 6.81. The standard InChI is InChI=1S/C17H21N/c1-3-5-7-9-12-16-14-11-15-17(18-16)13-10-8-6-4-2/h11,14-15H,3-8H2,1-2H3. The molecule has 18 heavy (non-hydrogen) atoms. The summed E-state index contributed by atoms with van der Waals surface area (Å²) in [7, 11) is 0. The van der Waals surface area contributed by atoms with E-state index in [-0.39, 0.29) is 0 Å². The minimum atomic E-state index is 0.827. The molecule has 94 valence electrons. The van der Waals surface area contributed by atoms with Crippen LogP contribution in [0.2, 0.25) is 0 Å². The Morgan fingerprint density at radius 3 is 1.83 bits per heavy atom. The Morgan fingerprint density at radius 2 is 1.39 bits per heavy atom. The Balaban J connectivity index is 2.59. The van der Waals surface area contributed by atoms with Gasteiger partial charge >= 0.3 is 0 Å². The summed E-state index contributed by atoms with van der Waals surface area (Å²) in [5.74, 6) is 12.5. The minimum absolute atomic E-state index is 0.827. The Morgan fingerprint density at radius 1 is 0.889 bits per heavy atom. The lowest BCUT2D eigenvalue weighted by molar-refractivity contribution is 0.828. The van der Waals surface area contributed by atoms with Crippen LogP contribution in [0.4, 0.5) is 0 Å². The first kappa shape index (κ1) is 14.3. The van der Waals surface area contributed by atoms with Gasteiger partial charge in [-0.05, 0) is 36.8 Å². The fourth-order valence-electron chi connectivity index (χ4n) is 1.41. The van der Waals surface area contributed by atoms with Gasteiger partial charge in [0.1, 0.15) is 11.4 Å². The van der Waals surface area contributed by atoms with Crippen molar-refractivity contribution in [2.45, 2.75) is 52.4 Å². The zero-order valence-electron chi connectivity index (χ0n) is 11.4. The number of rotatable bonds is 4. The molecule has 0 radical (unpaired) electrons. The normalized spacial score (nSPS) is 9.00. The van der Waals surface area contributed by atoms with E-state index in [9.17, 15) is 0 Å². The van der Waals surface area contributed by atoms with Gasteiger partial charge in [-0.1, -0.05) is 44.6 Å². The molecule has 0 aliphatic carbocycles. The van der Waals surface area contributed by atoms with Crippen LogP contribution in [0.3, 0.4) is 0 Å². The number of unbranched alkanes of at least 4 members (excludes halogenated alkanes) is 4. The first-order valence-electron chi connectivity index (χ1n) is 6.81. The van der Waals surface area contributed by atoms with E-state index in [1.54, 1.807) is 0 Å². The summed E-state index contributed by atoms with van der Waals surface area (Å²) < 4.78 is 0. The van der Waals surface area contributed by atoms with E-state index in [4.69, 9.17) is 0 Å². The Bertz CT molecular complexity index is 424. The van der Waals surface area contributed by atoms with E-state index >= 15 is 0 Å². The Labute approximate surface area is 111 Å². The molecular weight excluding hydrogens is 218 g/mol. The highest BCUT2D eigenvalue weighted by molar-refractivity contribution is 5.34. The van der Waals surface area contributed by atoms with Crippen molar-refractivity contribution < 1.29 is 0 Å². The lowest BCUT2D eigenvalue weighted by Gasteiger charge is -1.92. The fourth-order valence-corrected chi connectivity index (χ4v) is 1.41. The maximum atomic E-state index is 4.42. The fraction of sp³-hybridized carbons (Fsp3) is 0.471. The summed E-state index contributed by atoms with van der Waals surface area (Å²) >= 11 is 0. The van der Waals surface area contributed by atoms with Crippen LogP contribution in [0.5, 0.6) is 0 Å². The Kier molecular flexibility index (Phi) is 7.42. The van der Waals surface area contributed by atoms with E-state index < -0.39 is 0 Å². The van der Waals surface area contributed by atoms with Crippen LogP contribution in [0.25, 0.3) is 0 Å². The highest BCUT2D eigenvalue weighted by atomic mass is 14.7. The van der Waals surface area contributed by atoms with Crippen molar-refractivity contribution in [2.24, 2.45) is 0 Å². The lowest BCUT2D eigenvalue weighted by atomic mass is 10.2. The van der Waals surface area contributed by atoms with Crippen LogP contribution in [-0.4, -0.2) is 4.98 Å². The van der Waals surface area contributed by atoms with E-state index in [0.717, 1.165) is 37.1 Å². The maximum absolute atomic E-state index is 4.42. The van der Waals surface area contributed by atoms with Crippen LogP contribution < -0.4 is 0 Å². The summed E-state index contributed by atoms with van der Waals surface area (Å²) in [6.07, 6.45) is 6.58. The highest BCUT2D eigenvalue weighted by Crippen LogP contribution is 1.99. The molecule has 1 heterocycles. The van der Waals surface area contributed by atoms with Crippen LogP contribution in [-0.2, 0) is 0 Å². The quantitative estimate of drug-likeness (QED) is 0.568. The molecule has 0 atom stereocenters. The molecule has 0 amide bonds. The van der Waals surface area contributed by atoms with Crippen LogP contribution >= 0.6 is 0 Å². The molecule has 0 saturated heterocycles. The molecule has 0 aliphatic rings. The molecule has 0 N–H and O–H groups in total. The van der Waals surface area contributed by atoms with Crippen LogP contribution in [0.15, 0.2) is 18.2 Å². The summed E-state index contributed by atoms with van der Waals surface area (Å²) in [6, 6.07) is 5.85. The largest absolute Gasteiger partial charge is 0.231 e.